The second-order valence-electron chi connectivity index (χ2n) is 7.33. The van der Waals surface area contributed by atoms with Crippen molar-refractivity contribution in [3.8, 4) is 11.3 Å². The molecule has 2 heterocycles. The van der Waals surface area contributed by atoms with Crippen LogP contribution in [0.1, 0.15) is 39.2 Å². The number of rotatable bonds is 2. The fraction of sp³-hybridized carbons (Fsp3) is 0.250. The lowest BCUT2D eigenvalue weighted by Gasteiger charge is -2.09. The number of pyridine rings is 1. The van der Waals surface area contributed by atoms with Crippen LogP contribution < -0.4 is 4.57 Å². The zero-order valence-corrected chi connectivity index (χ0v) is 16.3. The van der Waals surface area contributed by atoms with Gasteiger partial charge in [-0.2, -0.15) is 0 Å². The highest BCUT2D eigenvalue weighted by Gasteiger charge is 2.22. The number of fused-ring (bicyclic) bond motifs is 3. The lowest BCUT2D eigenvalue weighted by Crippen LogP contribution is -2.31. The molecule has 0 saturated carbocycles. The second-order valence-corrected chi connectivity index (χ2v) is 7.33. The molecule has 0 spiro atoms. The molecule has 0 aliphatic heterocycles. The number of aromatic nitrogens is 1. The van der Waals surface area contributed by atoms with E-state index in [9.17, 15) is 0 Å². The highest BCUT2D eigenvalue weighted by molar-refractivity contribution is 6.13. The van der Waals surface area contributed by atoms with Gasteiger partial charge in [-0.1, -0.05) is 37.6 Å². The maximum atomic E-state index is 8.43. The Bertz CT molecular complexity index is 1340. The molecule has 0 radical (unpaired) electrons. The van der Waals surface area contributed by atoms with Crippen molar-refractivity contribution in [1.29, 1.82) is 0 Å². The number of hydrogen-bond acceptors (Lipinski definition) is 1. The van der Waals surface area contributed by atoms with Crippen molar-refractivity contribution in [2.45, 2.75) is 33.6 Å². The number of hydrogen-bond donors (Lipinski definition) is 0. The average Bonchev–Trinajstić information content (AvgIpc) is 3.01. The first kappa shape index (κ1) is 15.0. The summed E-state index contributed by atoms with van der Waals surface area (Å²) in [6, 6.07) is 11.7. The largest absolute Gasteiger partial charge is 0.466 e. The van der Waals surface area contributed by atoms with Crippen LogP contribution in [-0.2, 0) is 7.05 Å². The van der Waals surface area contributed by atoms with Gasteiger partial charge < -0.3 is 4.42 Å². The van der Waals surface area contributed by atoms with Crippen LogP contribution in [0.5, 0.6) is 0 Å². The molecule has 0 unspecified atom stereocenters. The van der Waals surface area contributed by atoms with Gasteiger partial charge in [0.2, 0.25) is 11.4 Å². The highest BCUT2D eigenvalue weighted by Crippen LogP contribution is 2.41. The van der Waals surface area contributed by atoms with Crippen molar-refractivity contribution in [1.82, 2.24) is 0 Å². The van der Waals surface area contributed by atoms with Gasteiger partial charge in [0.1, 0.15) is 19.6 Å². The molecule has 0 amide bonds. The zero-order chi connectivity index (χ0) is 21.1. The van der Waals surface area contributed by atoms with Crippen molar-refractivity contribution in [2.75, 3.05) is 0 Å². The first-order valence-corrected chi connectivity index (χ1v) is 8.97. The normalized spacial score (nSPS) is 12.9. The van der Waals surface area contributed by atoms with Crippen LogP contribution in [-0.4, -0.2) is 0 Å². The summed E-state index contributed by atoms with van der Waals surface area (Å²) in [5.41, 5.74) is 6.36. The van der Waals surface area contributed by atoms with E-state index < -0.39 is 5.89 Å². The van der Waals surface area contributed by atoms with Crippen LogP contribution in [0.25, 0.3) is 38.0 Å². The molecule has 4 aromatic rings. The number of aryl methyl sites for hydroxylation is 2. The summed E-state index contributed by atoms with van der Waals surface area (Å²) in [4.78, 5) is 3.65. The molecule has 27 heavy (non-hydrogen) atoms. The molecule has 0 bridgehead atoms. The predicted octanol–water partition coefficient (Wildman–Crippen LogP) is 6.37. The third-order valence-electron chi connectivity index (χ3n) is 5.10. The summed E-state index contributed by atoms with van der Waals surface area (Å²) in [6.45, 7) is 15.2. The quantitative estimate of drug-likeness (QED) is 0.302. The third kappa shape index (κ3) is 2.69. The van der Waals surface area contributed by atoms with Gasteiger partial charge in [-0.15, -0.1) is 0 Å². The zero-order valence-electron chi connectivity index (χ0n) is 18.3. The average molecular weight is 357 g/mol. The summed E-state index contributed by atoms with van der Waals surface area (Å²) >= 11 is 0. The molecule has 3 nitrogen and oxygen atoms in total. The van der Waals surface area contributed by atoms with Crippen molar-refractivity contribution < 1.29 is 11.7 Å². The Hall–Kier alpha value is -3.12. The summed E-state index contributed by atoms with van der Waals surface area (Å²) in [5, 5.41) is 1.88. The van der Waals surface area contributed by atoms with Crippen LogP contribution in [0, 0.1) is 20.4 Å². The first-order valence-electron chi connectivity index (χ1n) is 9.97. The standard InChI is InChI=1S/C24H23N2O/c1-14(2)17-9-10-26(6)21(13-17)22-16(4)7-8-18-19-11-15(3)12-20(25-5)23(19)27-24(18)22/h7-14H,1-4,6H3/q+1/i10D,14D. The van der Waals surface area contributed by atoms with E-state index in [-0.39, 0.29) is 0 Å². The molecule has 0 aliphatic rings. The molecule has 3 heteroatoms. The molecule has 4 rings (SSSR count). The SMILES string of the molecule is [2H]c1cc(C([2H])(C)C)cc(-c2c(C)ccc3c2oc2c([N+]#[C-])cc(C)cc23)[n+]1C. The Morgan fingerprint density at radius 1 is 1.11 bits per heavy atom. The molecule has 0 N–H and O–H groups in total. The third-order valence-corrected chi connectivity index (χ3v) is 5.10. The Morgan fingerprint density at radius 3 is 2.59 bits per heavy atom. The smallest absolute Gasteiger partial charge is 0.229 e. The number of benzene rings is 2. The number of furan rings is 1. The van der Waals surface area contributed by atoms with E-state index in [2.05, 4.69) is 10.9 Å². The minimum atomic E-state index is -0.817. The topological polar surface area (TPSA) is 21.4 Å². The van der Waals surface area contributed by atoms with Gasteiger partial charge in [0.15, 0.2) is 6.17 Å². The lowest BCUT2D eigenvalue weighted by atomic mass is 9.97. The van der Waals surface area contributed by atoms with E-state index in [4.69, 9.17) is 13.7 Å². The highest BCUT2D eigenvalue weighted by atomic mass is 16.3. The second kappa shape index (κ2) is 6.25. The van der Waals surface area contributed by atoms with E-state index in [1.54, 1.807) is 6.07 Å². The molecule has 2 aromatic carbocycles. The van der Waals surface area contributed by atoms with E-state index in [1.165, 1.54) is 0 Å². The van der Waals surface area contributed by atoms with Crippen LogP contribution in [0.4, 0.5) is 5.69 Å². The molecule has 2 aromatic heterocycles. The molecule has 0 aliphatic carbocycles. The molecule has 0 atom stereocenters. The maximum Gasteiger partial charge on any atom is 0.229 e. The Kier molecular flexibility index (Phi) is 3.47. The summed E-state index contributed by atoms with van der Waals surface area (Å²) in [7, 11) is 1.86. The molecular weight excluding hydrogens is 332 g/mol. The van der Waals surface area contributed by atoms with Crippen LogP contribution in [0.2, 0.25) is 0 Å². The van der Waals surface area contributed by atoms with E-state index >= 15 is 0 Å². The van der Waals surface area contributed by atoms with Crippen molar-refractivity contribution in [3.05, 3.63) is 70.7 Å². The van der Waals surface area contributed by atoms with Gasteiger partial charge in [0.05, 0.1) is 12.1 Å². The van der Waals surface area contributed by atoms with Gasteiger partial charge in [0.25, 0.3) is 0 Å². The van der Waals surface area contributed by atoms with Gasteiger partial charge >= 0.3 is 0 Å². The van der Waals surface area contributed by atoms with E-state index in [1.807, 2.05) is 63.6 Å². The first-order chi connectivity index (χ1) is 13.6. The minimum absolute atomic E-state index is 0.336. The van der Waals surface area contributed by atoms with Crippen LogP contribution in [0.15, 0.2) is 47.0 Å². The Balaban J connectivity index is 2.16. The van der Waals surface area contributed by atoms with Gasteiger partial charge in [0, 0.05) is 24.3 Å². The van der Waals surface area contributed by atoms with Crippen molar-refractivity contribution in [2.24, 2.45) is 7.05 Å². The fourth-order valence-corrected chi connectivity index (χ4v) is 3.61. The van der Waals surface area contributed by atoms with Crippen molar-refractivity contribution >= 4 is 27.6 Å². The van der Waals surface area contributed by atoms with E-state index in [0.29, 0.717) is 23.0 Å². The molecule has 0 fully saturated rings. The lowest BCUT2D eigenvalue weighted by molar-refractivity contribution is -0.660. The van der Waals surface area contributed by atoms with Crippen molar-refractivity contribution in [3.63, 3.8) is 0 Å². The minimum Gasteiger partial charge on any atom is -0.466 e. The summed E-state index contributed by atoms with van der Waals surface area (Å²) in [5.74, 6) is -0.817. The molecular formula is C24H23N2O+. The number of nitrogens with zero attached hydrogens (tertiary/aromatic N) is 2. The van der Waals surface area contributed by atoms with Gasteiger partial charge in [-0.05, 0) is 36.9 Å². The maximum absolute atomic E-state index is 8.43. The molecule has 0 saturated heterocycles. The van der Waals surface area contributed by atoms with Gasteiger partial charge in [-0.3, -0.25) is 0 Å². The Morgan fingerprint density at radius 2 is 1.89 bits per heavy atom. The predicted molar refractivity (Wildman–Crippen MR) is 110 cm³/mol. The monoisotopic (exact) mass is 357 g/mol. The van der Waals surface area contributed by atoms with Gasteiger partial charge in [-0.25, -0.2) is 9.41 Å². The Labute approximate surface area is 162 Å². The fourth-order valence-electron chi connectivity index (χ4n) is 3.61. The summed E-state index contributed by atoms with van der Waals surface area (Å²) in [6.07, 6.45) is 0.336. The summed E-state index contributed by atoms with van der Waals surface area (Å²) < 4.78 is 24.9. The van der Waals surface area contributed by atoms with Crippen LogP contribution >= 0.6 is 0 Å². The van der Waals surface area contributed by atoms with Crippen LogP contribution in [0.3, 0.4) is 0 Å². The molecule has 134 valence electrons. The van der Waals surface area contributed by atoms with E-state index in [0.717, 1.165) is 38.7 Å².